The van der Waals surface area contributed by atoms with E-state index in [1.807, 2.05) is 64.1 Å². The maximum atomic E-state index is 12.5. The van der Waals surface area contributed by atoms with Crippen molar-refractivity contribution in [3.8, 4) is 0 Å². The Hall–Kier alpha value is -3.28. The Labute approximate surface area is 152 Å². The Bertz CT molecular complexity index is 954. The first kappa shape index (κ1) is 17.5. The highest BCUT2D eigenvalue weighted by molar-refractivity contribution is 6.05. The quantitative estimate of drug-likeness (QED) is 0.412. The summed E-state index contributed by atoms with van der Waals surface area (Å²) in [4.78, 5) is 13.9. The molecule has 0 atom stereocenters. The molecule has 0 unspecified atom stereocenters. The van der Waals surface area contributed by atoms with Crippen LogP contribution in [-0.4, -0.2) is 27.0 Å². The van der Waals surface area contributed by atoms with Crippen LogP contribution in [0.3, 0.4) is 0 Å². The molecule has 0 aliphatic carbocycles. The second kappa shape index (κ2) is 7.31. The standard InChI is InChI=1S/C20H20N4O2/c1-13-5-9-17(10-6-13)19(22-24-16(4)15(3)21-23-24)26-20(25)18-11-7-14(2)8-12-18/h5-12H,1-4H3/b22-19-. The van der Waals surface area contributed by atoms with Gasteiger partial charge in [-0.3, -0.25) is 0 Å². The highest BCUT2D eigenvalue weighted by Crippen LogP contribution is 2.11. The van der Waals surface area contributed by atoms with Gasteiger partial charge in [0.1, 0.15) is 0 Å². The summed E-state index contributed by atoms with van der Waals surface area (Å²) in [5.74, 6) is -0.303. The summed E-state index contributed by atoms with van der Waals surface area (Å²) < 4.78 is 5.59. The highest BCUT2D eigenvalue weighted by atomic mass is 16.5. The minimum atomic E-state index is -0.473. The summed E-state index contributed by atoms with van der Waals surface area (Å²) in [6, 6.07) is 14.8. The number of aromatic nitrogens is 3. The fourth-order valence-corrected chi connectivity index (χ4v) is 2.24. The lowest BCUT2D eigenvalue weighted by Gasteiger charge is -2.09. The first-order chi connectivity index (χ1) is 12.4. The number of esters is 1. The summed E-state index contributed by atoms with van der Waals surface area (Å²) in [6.45, 7) is 7.65. The van der Waals surface area contributed by atoms with Gasteiger partial charge in [-0.15, -0.1) is 15.0 Å². The van der Waals surface area contributed by atoms with Crippen molar-refractivity contribution < 1.29 is 9.53 Å². The molecule has 26 heavy (non-hydrogen) atoms. The number of rotatable bonds is 3. The zero-order chi connectivity index (χ0) is 18.7. The molecule has 132 valence electrons. The maximum absolute atomic E-state index is 12.5. The molecule has 2 aromatic carbocycles. The zero-order valence-corrected chi connectivity index (χ0v) is 15.2. The second-order valence-electron chi connectivity index (χ2n) is 6.18. The summed E-state index contributed by atoms with van der Waals surface area (Å²) in [7, 11) is 0. The van der Waals surface area contributed by atoms with Crippen LogP contribution in [-0.2, 0) is 4.74 Å². The largest absolute Gasteiger partial charge is 0.402 e. The van der Waals surface area contributed by atoms with E-state index in [-0.39, 0.29) is 5.90 Å². The number of carbonyl (C=O) groups is 1. The van der Waals surface area contributed by atoms with Gasteiger partial charge in [0.15, 0.2) is 0 Å². The number of benzene rings is 2. The summed E-state index contributed by atoms with van der Waals surface area (Å²) in [5.41, 5.74) is 4.86. The van der Waals surface area contributed by atoms with Gasteiger partial charge >= 0.3 is 5.97 Å². The van der Waals surface area contributed by atoms with E-state index in [0.29, 0.717) is 11.1 Å². The van der Waals surface area contributed by atoms with Crippen molar-refractivity contribution in [3.63, 3.8) is 0 Å². The monoisotopic (exact) mass is 348 g/mol. The van der Waals surface area contributed by atoms with Crippen LogP contribution in [0.15, 0.2) is 53.6 Å². The maximum Gasteiger partial charge on any atom is 0.344 e. The molecule has 0 saturated heterocycles. The molecule has 0 amide bonds. The van der Waals surface area contributed by atoms with Crippen molar-refractivity contribution in [3.05, 3.63) is 82.2 Å². The summed E-state index contributed by atoms with van der Waals surface area (Å²) in [5, 5.41) is 12.3. The van der Waals surface area contributed by atoms with E-state index in [1.165, 1.54) is 4.79 Å². The van der Waals surface area contributed by atoms with Crippen molar-refractivity contribution in [2.75, 3.05) is 0 Å². The molecule has 6 heteroatoms. The average molecular weight is 348 g/mol. The normalized spacial score (nSPS) is 11.5. The van der Waals surface area contributed by atoms with E-state index in [4.69, 9.17) is 4.74 Å². The molecule has 0 fully saturated rings. The van der Waals surface area contributed by atoms with Gasteiger partial charge in [-0.2, -0.15) is 0 Å². The smallest absolute Gasteiger partial charge is 0.344 e. The zero-order valence-electron chi connectivity index (χ0n) is 15.2. The lowest BCUT2D eigenvalue weighted by molar-refractivity contribution is 0.0716. The van der Waals surface area contributed by atoms with E-state index >= 15 is 0 Å². The van der Waals surface area contributed by atoms with E-state index in [0.717, 1.165) is 22.5 Å². The van der Waals surface area contributed by atoms with Crippen molar-refractivity contribution in [1.29, 1.82) is 0 Å². The van der Waals surface area contributed by atoms with Gasteiger partial charge < -0.3 is 4.74 Å². The van der Waals surface area contributed by atoms with Crippen LogP contribution in [0.25, 0.3) is 0 Å². The van der Waals surface area contributed by atoms with E-state index < -0.39 is 5.97 Å². The Balaban J connectivity index is 1.97. The Morgan fingerprint density at radius 2 is 1.42 bits per heavy atom. The fraction of sp³-hybridized carbons (Fsp3) is 0.200. The number of nitrogens with zero attached hydrogens (tertiary/aromatic N) is 4. The van der Waals surface area contributed by atoms with Gasteiger partial charge in [0.25, 0.3) is 0 Å². The summed E-state index contributed by atoms with van der Waals surface area (Å²) >= 11 is 0. The third-order valence-electron chi connectivity index (χ3n) is 4.06. The van der Waals surface area contributed by atoms with Gasteiger partial charge in [0.2, 0.25) is 5.90 Å². The van der Waals surface area contributed by atoms with Gasteiger partial charge in [-0.1, -0.05) is 35.4 Å². The van der Waals surface area contributed by atoms with Crippen LogP contribution in [0.1, 0.15) is 38.4 Å². The third-order valence-corrected chi connectivity index (χ3v) is 4.06. The molecular formula is C20H20N4O2. The lowest BCUT2D eigenvalue weighted by atomic mass is 10.1. The first-order valence-corrected chi connectivity index (χ1v) is 8.28. The SMILES string of the molecule is Cc1ccc(C(=O)O/C(=N\n2nnc(C)c2C)c2ccc(C)cc2)cc1. The van der Waals surface area contributed by atoms with Crippen LogP contribution in [0.2, 0.25) is 0 Å². The molecule has 1 heterocycles. The molecule has 0 aliphatic rings. The average Bonchev–Trinajstić information content (AvgIpc) is 2.94. The topological polar surface area (TPSA) is 69.4 Å². The number of hydrogen-bond acceptors (Lipinski definition) is 5. The number of carbonyl (C=O) groups excluding carboxylic acids is 1. The fourth-order valence-electron chi connectivity index (χ4n) is 2.24. The van der Waals surface area contributed by atoms with Gasteiger partial charge in [0.05, 0.1) is 17.0 Å². The Morgan fingerprint density at radius 3 is 1.92 bits per heavy atom. The molecule has 1 aromatic heterocycles. The number of hydrogen-bond donors (Lipinski definition) is 0. The van der Waals surface area contributed by atoms with Gasteiger partial charge in [-0.25, -0.2) is 4.79 Å². The molecule has 0 saturated carbocycles. The predicted molar refractivity (Wildman–Crippen MR) is 99.2 cm³/mol. The predicted octanol–water partition coefficient (Wildman–Crippen LogP) is 3.58. The van der Waals surface area contributed by atoms with E-state index in [2.05, 4.69) is 15.4 Å². The first-order valence-electron chi connectivity index (χ1n) is 8.28. The summed E-state index contributed by atoms with van der Waals surface area (Å²) in [6.07, 6.45) is 0. The number of aryl methyl sites for hydroxylation is 3. The van der Waals surface area contributed by atoms with Crippen LogP contribution >= 0.6 is 0 Å². The van der Waals surface area contributed by atoms with Crippen LogP contribution in [0.4, 0.5) is 0 Å². The molecular weight excluding hydrogens is 328 g/mol. The molecule has 6 nitrogen and oxygen atoms in total. The molecule has 0 spiro atoms. The molecule has 0 N–H and O–H groups in total. The van der Waals surface area contributed by atoms with Crippen molar-refractivity contribution >= 4 is 11.9 Å². The molecule has 0 bridgehead atoms. The van der Waals surface area contributed by atoms with Crippen LogP contribution < -0.4 is 0 Å². The molecule has 3 aromatic rings. The second-order valence-corrected chi connectivity index (χ2v) is 6.18. The third kappa shape index (κ3) is 3.85. The number of ether oxygens (including phenoxy) is 1. The van der Waals surface area contributed by atoms with Gasteiger partial charge in [-0.05, 0) is 57.2 Å². The molecule has 0 radical (unpaired) electrons. The van der Waals surface area contributed by atoms with Crippen molar-refractivity contribution in [2.24, 2.45) is 5.10 Å². The van der Waals surface area contributed by atoms with Crippen molar-refractivity contribution in [2.45, 2.75) is 27.7 Å². The molecule has 0 aliphatic heterocycles. The highest BCUT2D eigenvalue weighted by Gasteiger charge is 2.15. The lowest BCUT2D eigenvalue weighted by Crippen LogP contribution is -2.16. The van der Waals surface area contributed by atoms with E-state index in [9.17, 15) is 4.79 Å². The van der Waals surface area contributed by atoms with Crippen LogP contribution in [0, 0.1) is 27.7 Å². The Kier molecular flexibility index (Phi) is 4.93. The minimum absolute atomic E-state index is 0.170. The van der Waals surface area contributed by atoms with E-state index in [1.54, 1.807) is 12.1 Å². The molecule has 3 rings (SSSR count). The van der Waals surface area contributed by atoms with Crippen LogP contribution in [0.5, 0.6) is 0 Å². The van der Waals surface area contributed by atoms with Crippen molar-refractivity contribution in [1.82, 2.24) is 15.1 Å². The minimum Gasteiger partial charge on any atom is -0.402 e. The van der Waals surface area contributed by atoms with Gasteiger partial charge in [0, 0.05) is 5.56 Å². The Morgan fingerprint density at radius 1 is 0.885 bits per heavy atom.